The van der Waals surface area contributed by atoms with Crippen molar-refractivity contribution in [2.24, 2.45) is 0 Å². The Labute approximate surface area is 69.9 Å². The van der Waals surface area contributed by atoms with E-state index in [0.717, 1.165) is 23.8 Å². The molecule has 0 atom stereocenters. The number of aliphatic carboxylic acids is 1. The molecule has 4 heteroatoms. The number of aryl methyl sites for hydroxylation is 1. The van der Waals surface area contributed by atoms with Crippen LogP contribution in [0.25, 0.3) is 6.08 Å². The predicted octanol–water partition coefficient (Wildman–Crippen LogP) is 1.07. The summed E-state index contributed by atoms with van der Waals surface area (Å²) in [6.07, 6.45) is 5.06. The van der Waals surface area contributed by atoms with Gasteiger partial charge in [0.05, 0.1) is 6.20 Å². The molecule has 0 fully saturated rings. The fourth-order valence-corrected chi connectivity index (χ4v) is 0.910. The molecule has 1 rings (SSSR count). The second kappa shape index (κ2) is 3.71. The Kier molecular flexibility index (Phi) is 2.63. The summed E-state index contributed by atoms with van der Waals surface area (Å²) in [4.78, 5) is 10.2. The molecule has 0 unspecified atom stereocenters. The average Bonchev–Trinajstić information content (AvgIpc) is 2.47. The molecule has 1 aromatic rings. The van der Waals surface area contributed by atoms with Crippen molar-refractivity contribution in [3.05, 3.63) is 23.5 Å². The SMILES string of the molecule is CCc1[nH]ncc1C=CC(=O)O. The molecule has 0 amide bonds. The van der Waals surface area contributed by atoms with Crippen molar-refractivity contribution in [2.45, 2.75) is 13.3 Å². The number of carboxylic acid groups (broad SMARTS) is 1. The van der Waals surface area contributed by atoms with Crippen LogP contribution in [0.1, 0.15) is 18.2 Å². The first-order chi connectivity index (χ1) is 5.74. The second-order valence-corrected chi connectivity index (χ2v) is 2.33. The zero-order chi connectivity index (χ0) is 8.97. The van der Waals surface area contributed by atoms with Gasteiger partial charge in [-0.25, -0.2) is 4.79 Å². The van der Waals surface area contributed by atoms with E-state index in [1.54, 1.807) is 6.20 Å². The van der Waals surface area contributed by atoms with Gasteiger partial charge in [0.1, 0.15) is 0 Å². The number of nitrogens with zero attached hydrogens (tertiary/aromatic N) is 1. The minimum absolute atomic E-state index is 0.819. The fourth-order valence-electron chi connectivity index (χ4n) is 0.910. The van der Waals surface area contributed by atoms with Crippen LogP contribution >= 0.6 is 0 Å². The first-order valence-corrected chi connectivity index (χ1v) is 3.67. The molecule has 2 N–H and O–H groups in total. The van der Waals surface area contributed by atoms with Crippen LogP contribution in [0.2, 0.25) is 0 Å². The molecular formula is C8H10N2O2. The summed E-state index contributed by atoms with van der Waals surface area (Å²) >= 11 is 0. The lowest BCUT2D eigenvalue weighted by Crippen LogP contribution is -1.87. The average molecular weight is 166 g/mol. The molecule has 12 heavy (non-hydrogen) atoms. The highest BCUT2D eigenvalue weighted by molar-refractivity contribution is 5.85. The van der Waals surface area contributed by atoms with Crippen LogP contribution in [0.3, 0.4) is 0 Å². The Balaban J connectivity index is 2.81. The number of carboxylic acids is 1. The first kappa shape index (κ1) is 8.52. The third-order valence-electron chi connectivity index (χ3n) is 1.51. The zero-order valence-electron chi connectivity index (χ0n) is 6.74. The van der Waals surface area contributed by atoms with E-state index in [2.05, 4.69) is 10.2 Å². The van der Waals surface area contributed by atoms with Gasteiger partial charge < -0.3 is 5.11 Å². The number of hydrogen-bond acceptors (Lipinski definition) is 2. The summed E-state index contributed by atoms with van der Waals surface area (Å²) < 4.78 is 0. The van der Waals surface area contributed by atoms with Crippen LogP contribution in [0.4, 0.5) is 0 Å². The molecule has 4 nitrogen and oxygen atoms in total. The molecule has 1 aromatic heterocycles. The van der Waals surface area contributed by atoms with Gasteiger partial charge >= 0.3 is 5.97 Å². The summed E-state index contributed by atoms with van der Waals surface area (Å²) in [5, 5.41) is 14.9. The largest absolute Gasteiger partial charge is 0.478 e. The zero-order valence-corrected chi connectivity index (χ0v) is 6.74. The number of aromatic amines is 1. The van der Waals surface area contributed by atoms with Crippen LogP contribution < -0.4 is 0 Å². The molecule has 0 aliphatic rings. The number of carbonyl (C=O) groups is 1. The summed E-state index contributed by atoms with van der Waals surface area (Å²) in [7, 11) is 0. The number of rotatable bonds is 3. The molecule has 0 aliphatic carbocycles. The van der Waals surface area contributed by atoms with E-state index < -0.39 is 5.97 Å². The highest BCUT2D eigenvalue weighted by atomic mass is 16.4. The quantitative estimate of drug-likeness (QED) is 0.660. The normalized spacial score (nSPS) is 10.8. The Morgan fingerprint density at radius 3 is 3.17 bits per heavy atom. The predicted molar refractivity (Wildman–Crippen MR) is 44.6 cm³/mol. The lowest BCUT2D eigenvalue weighted by molar-refractivity contribution is -0.131. The maximum absolute atomic E-state index is 10.2. The van der Waals surface area contributed by atoms with E-state index in [9.17, 15) is 4.79 Å². The van der Waals surface area contributed by atoms with Crippen LogP contribution in [0.15, 0.2) is 12.3 Å². The van der Waals surface area contributed by atoms with E-state index >= 15 is 0 Å². The molecule has 0 spiro atoms. The number of nitrogens with one attached hydrogen (secondary N) is 1. The first-order valence-electron chi connectivity index (χ1n) is 3.67. The van der Waals surface area contributed by atoms with Gasteiger partial charge in [0.2, 0.25) is 0 Å². The highest BCUT2D eigenvalue weighted by Crippen LogP contribution is 2.06. The fraction of sp³-hybridized carbons (Fsp3) is 0.250. The molecule has 0 radical (unpaired) electrons. The van der Waals surface area contributed by atoms with Crippen molar-refractivity contribution < 1.29 is 9.90 Å². The molecule has 0 aliphatic heterocycles. The standard InChI is InChI=1S/C8H10N2O2/c1-2-7-6(5-9-10-7)3-4-8(11)12/h3-5H,2H2,1H3,(H,9,10)(H,11,12). The third kappa shape index (κ3) is 1.95. The Morgan fingerprint density at radius 1 is 1.83 bits per heavy atom. The summed E-state index contributed by atoms with van der Waals surface area (Å²) in [5.74, 6) is -0.946. The second-order valence-electron chi connectivity index (χ2n) is 2.33. The molecule has 0 aromatic carbocycles. The molecule has 0 saturated heterocycles. The van der Waals surface area contributed by atoms with Crippen molar-refractivity contribution in [1.82, 2.24) is 10.2 Å². The third-order valence-corrected chi connectivity index (χ3v) is 1.51. The highest BCUT2D eigenvalue weighted by Gasteiger charge is 1.98. The van der Waals surface area contributed by atoms with Gasteiger partial charge in [-0.3, -0.25) is 5.10 Å². The minimum Gasteiger partial charge on any atom is -0.478 e. The van der Waals surface area contributed by atoms with Gasteiger partial charge in [0.25, 0.3) is 0 Å². The monoisotopic (exact) mass is 166 g/mol. The van der Waals surface area contributed by atoms with Crippen molar-refractivity contribution in [1.29, 1.82) is 0 Å². The Hall–Kier alpha value is -1.58. The Morgan fingerprint density at radius 2 is 2.58 bits per heavy atom. The summed E-state index contributed by atoms with van der Waals surface area (Å²) in [6.45, 7) is 1.98. The topological polar surface area (TPSA) is 66.0 Å². The molecule has 1 heterocycles. The van der Waals surface area contributed by atoms with Crippen LogP contribution in [-0.2, 0) is 11.2 Å². The number of H-pyrrole nitrogens is 1. The van der Waals surface area contributed by atoms with E-state index in [1.165, 1.54) is 6.08 Å². The molecule has 64 valence electrons. The van der Waals surface area contributed by atoms with E-state index in [4.69, 9.17) is 5.11 Å². The van der Waals surface area contributed by atoms with Gasteiger partial charge in [-0.2, -0.15) is 5.10 Å². The van der Waals surface area contributed by atoms with Crippen molar-refractivity contribution in [2.75, 3.05) is 0 Å². The van der Waals surface area contributed by atoms with Gasteiger partial charge in [-0.05, 0) is 12.5 Å². The molecular weight excluding hydrogens is 156 g/mol. The maximum Gasteiger partial charge on any atom is 0.328 e. The van der Waals surface area contributed by atoms with Crippen LogP contribution in [0, 0.1) is 0 Å². The van der Waals surface area contributed by atoms with Crippen molar-refractivity contribution in [3.8, 4) is 0 Å². The van der Waals surface area contributed by atoms with E-state index in [-0.39, 0.29) is 0 Å². The van der Waals surface area contributed by atoms with E-state index in [1.807, 2.05) is 6.92 Å². The van der Waals surface area contributed by atoms with Crippen LogP contribution in [-0.4, -0.2) is 21.3 Å². The summed E-state index contributed by atoms with van der Waals surface area (Å²) in [6, 6.07) is 0. The lowest BCUT2D eigenvalue weighted by Gasteiger charge is -1.90. The lowest BCUT2D eigenvalue weighted by atomic mass is 10.2. The minimum atomic E-state index is -0.946. The van der Waals surface area contributed by atoms with E-state index in [0.29, 0.717) is 0 Å². The number of hydrogen-bond donors (Lipinski definition) is 2. The maximum atomic E-state index is 10.2. The van der Waals surface area contributed by atoms with Crippen molar-refractivity contribution >= 4 is 12.0 Å². The molecule has 0 saturated carbocycles. The van der Waals surface area contributed by atoms with Gasteiger partial charge in [0.15, 0.2) is 0 Å². The summed E-state index contributed by atoms with van der Waals surface area (Å²) in [5.41, 5.74) is 1.78. The molecule has 0 bridgehead atoms. The van der Waals surface area contributed by atoms with Gasteiger partial charge in [-0.15, -0.1) is 0 Å². The van der Waals surface area contributed by atoms with Gasteiger partial charge in [0, 0.05) is 17.3 Å². The Bertz CT molecular complexity index is 302. The number of aromatic nitrogens is 2. The smallest absolute Gasteiger partial charge is 0.328 e. The van der Waals surface area contributed by atoms with Crippen LogP contribution in [0.5, 0.6) is 0 Å². The van der Waals surface area contributed by atoms with Crippen molar-refractivity contribution in [3.63, 3.8) is 0 Å². The van der Waals surface area contributed by atoms with Gasteiger partial charge in [-0.1, -0.05) is 6.92 Å².